The molecule has 0 aliphatic carbocycles. The summed E-state index contributed by atoms with van der Waals surface area (Å²) in [4.78, 5) is 24.9. The second-order valence-electron chi connectivity index (χ2n) is 5.65. The van der Waals surface area contributed by atoms with E-state index in [2.05, 4.69) is 20.8 Å². The first-order valence-electron chi connectivity index (χ1n) is 7.71. The van der Waals surface area contributed by atoms with Gasteiger partial charge in [-0.25, -0.2) is 0 Å². The lowest BCUT2D eigenvalue weighted by Gasteiger charge is -2.05. The molecule has 0 spiro atoms. The van der Waals surface area contributed by atoms with Gasteiger partial charge in [0.25, 0.3) is 11.8 Å². The molecule has 0 atom stereocenters. The van der Waals surface area contributed by atoms with E-state index < -0.39 is 11.8 Å². The molecule has 2 N–H and O–H groups in total. The lowest BCUT2D eigenvalue weighted by atomic mass is 10.3. The molecule has 3 aromatic heterocycles. The highest BCUT2D eigenvalue weighted by Gasteiger charge is 2.22. The fourth-order valence-electron chi connectivity index (χ4n) is 2.32. The predicted molar refractivity (Wildman–Crippen MR) is 94.0 cm³/mol. The highest BCUT2D eigenvalue weighted by molar-refractivity contribution is 6.34. The van der Waals surface area contributed by atoms with Gasteiger partial charge in [0.15, 0.2) is 11.4 Å². The minimum Gasteiger partial charge on any atom is -0.467 e. The number of rotatable bonds is 5. The molecule has 0 aromatic carbocycles. The standard InChI is InChI=1S/C16H17ClN6O3/c1-9-12(17)14(21-23(9)3)16(25)19-11-8-22(2)20-13(11)15(24)18-7-10-5-4-6-26-10/h4-6,8H,7H2,1-3H3,(H,18,24)(H,19,25). The van der Waals surface area contributed by atoms with E-state index in [1.807, 2.05) is 0 Å². The fourth-order valence-corrected chi connectivity index (χ4v) is 2.57. The van der Waals surface area contributed by atoms with Crippen LogP contribution in [0.5, 0.6) is 0 Å². The number of anilines is 1. The van der Waals surface area contributed by atoms with E-state index in [1.165, 1.54) is 21.8 Å². The van der Waals surface area contributed by atoms with Crippen molar-refractivity contribution in [1.82, 2.24) is 24.9 Å². The van der Waals surface area contributed by atoms with Crippen molar-refractivity contribution in [1.29, 1.82) is 0 Å². The number of carbonyl (C=O) groups is 2. The maximum atomic E-state index is 12.5. The predicted octanol–water partition coefficient (Wildman–Crippen LogP) is 1.89. The van der Waals surface area contributed by atoms with Crippen LogP contribution in [-0.2, 0) is 20.6 Å². The lowest BCUT2D eigenvalue weighted by molar-refractivity contribution is 0.0943. The van der Waals surface area contributed by atoms with Gasteiger partial charge in [-0.1, -0.05) is 11.6 Å². The zero-order chi connectivity index (χ0) is 18.8. The van der Waals surface area contributed by atoms with E-state index in [0.717, 1.165) is 0 Å². The van der Waals surface area contributed by atoms with Gasteiger partial charge < -0.3 is 15.1 Å². The largest absolute Gasteiger partial charge is 0.467 e. The molecule has 10 heteroatoms. The Morgan fingerprint density at radius 3 is 2.62 bits per heavy atom. The molecule has 0 aliphatic heterocycles. The summed E-state index contributed by atoms with van der Waals surface area (Å²) in [6.07, 6.45) is 3.05. The molecular weight excluding hydrogens is 360 g/mol. The van der Waals surface area contributed by atoms with Gasteiger partial charge in [-0.15, -0.1) is 0 Å². The molecule has 0 saturated heterocycles. The first-order chi connectivity index (χ1) is 12.4. The molecule has 0 saturated carbocycles. The number of nitrogens with one attached hydrogen (secondary N) is 2. The zero-order valence-electron chi connectivity index (χ0n) is 14.4. The number of aryl methyl sites for hydroxylation is 2. The number of furan rings is 1. The summed E-state index contributed by atoms with van der Waals surface area (Å²) in [5.74, 6) is -0.358. The van der Waals surface area contributed by atoms with Crippen molar-refractivity contribution < 1.29 is 14.0 Å². The first-order valence-corrected chi connectivity index (χ1v) is 8.09. The van der Waals surface area contributed by atoms with E-state index in [0.29, 0.717) is 11.5 Å². The third kappa shape index (κ3) is 3.47. The van der Waals surface area contributed by atoms with Gasteiger partial charge in [0.05, 0.1) is 29.2 Å². The molecule has 136 valence electrons. The van der Waals surface area contributed by atoms with Gasteiger partial charge in [0.2, 0.25) is 0 Å². The van der Waals surface area contributed by atoms with Crippen molar-refractivity contribution in [3.63, 3.8) is 0 Å². The van der Waals surface area contributed by atoms with Crippen LogP contribution in [0.2, 0.25) is 5.02 Å². The van der Waals surface area contributed by atoms with Crippen LogP contribution in [0.4, 0.5) is 5.69 Å². The molecule has 26 heavy (non-hydrogen) atoms. The lowest BCUT2D eigenvalue weighted by Crippen LogP contribution is -2.25. The molecular formula is C16H17ClN6O3. The summed E-state index contributed by atoms with van der Waals surface area (Å²) in [6.45, 7) is 1.96. The Morgan fingerprint density at radius 2 is 2.00 bits per heavy atom. The number of halogens is 1. The number of hydrogen-bond acceptors (Lipinski definition) is 5. The van der Waals surface area contributed by atoms with Gasteiger partial charge in [0, 0.05) is 20.3 Å². The highest BCUT2D eigenvalue weighted by Crippen LogP contribution is 2.21. The summed E-state index contributed by atoms with van der Waals surface area (Å²) < 4.78 is 8.11. The first kappa shape index (κ1) is 17.7. The Morgan fingerprint density at radius 1 is 1.23 bits per heavy atom. The number of carbonyl (C=O) groups excluding carboxylic acids is 2. The molecule has 0 bridgehead atoms. The number of hydrogen-bond donors (Lipinski definition) is 2. The maximum absolute atomic E-state index is 12.5. The van der Waals surface area contributed by atoms with Gasteiger partial charge in [-0.2, -0.15) is 10.2 Å². The topological polar surface area (TPSA) is 107 Å². The second-order valence-corrected chi connectivity index (χ2v) is 6.03. The summed E-state index contributed by atoms with van der Waals surface area (Å²) in [5.41, 5.74) is 1.09. The third-order valence-electron chi connectivity index (χ3n) is 3.77. The summed E-state index contributed by atoms with van der Waals surface area (Å²) in [7, 11) is 3.34. The van der Waals surface area contributed by atoms with E-state index in [4.69, 9.17) is 16.0 Å². The van der Waals surface area contributed by atoms with Gasteiger partial charge in [-0.05, 0) is 19.1 Å². The van der Waals surface area contributed by atoms with Crippen LogP contribution in [0.3, 0.4) is 0 Å². The zero-order valence-corrected chi connectivity index (χ0v) is 15.2. The van der Waals surface area contributed by atoms with E-state index in [-0.39, 0.29) is 28.6 Å². The average Bonchev–Trinajstić information content (AvgIpc) is 3.30. The average molecular weight is 377 g/mol. The third-order valence-corrected chi connectivity index (χ3v) is 4.22. The van der Waals surface area contributed by atoms with Crippen LogP contribution < -0.4 is 10.6 Å². The quantitative estimate of drug-likeness (QED) is 0.707. The second kappa shape index (κ2) is 7.04. The van der Waals surface area contributed by atoms with Crippen molar-refractivity contribution in [3.05, 3.63) is 52.5 Å². The Hall–Kier alpha value is -3.07. The fraction of sp³-hybridized carbons (Fsp3) is 0.250. The van der Waals surface area contributed by atoms with Gasteiger partial charge >= 0.3 is 0 Å². The van der Waals surface area contributed by atoms with Crippen molar-refractivity contribution in [2.45, 2.75) is 13.5 Å². The Kier molecular flexibility index (Phi) is 4.81. The van der Waals surface area contributed by atoms with Crippen molar-refractivity contribution in [2.75, 3.05) is 5.32 Å². The normalized spacial score (nSPS) is 10.8. The number of nitrogens with zero attached hydrogens (tertiary/aromatic N) is 4. The Bertz CT molecular complexity index is 957. The molecule has 2 amide bonds. The van der Waals surface area contributed by atoms with Gasteiger partial charge in [0.1, 0.15) is 5.76 Å². The van der Waals surface area contributed by atoms with Crippen LogP contribution in [0.1, 0.15) is 32.4 Å². The molecule has 3 heterocycles. The van der Waals surface area contributed by atoms with Crippen LogP contribution in [-0.4, -0.2) is 31.4 Å². The monoisotopic (exact) mass is 376 g/mol. The molecule has 0 unspecified atom stereocenters. The van der Waals surface area contributed by atoms with Crippen LogP contribution in [0, 0.1) is 6.92 Å². The van der Waals surface area contributed by atoms with Crippen molar-refractivity contribution >= 4 is 29.1 Å². The van der Waals surface area contributed by atoms with Crippen molar-refractivity contribution in [2.24, 2.45) is 14.1 Å². The highest BCUT2D eigenvalue weighted by atomic mass is 35.5. The summed E-state index contributed by atoms with van der Waals surface area (Å²) in [6, 6.07) is 3.47. The SMILES string of the molecule is Cc1c(Cl)c(C(=O)Nc2cn(C)nc2C(=O)NCc2ccco2)nn1C. The Balaban J connectivity index is 1.77. The van der Waals surface area contributed by atoms with Crippen LogP contribution >= 0.6 is 11.6 Å². The van der Waals surface area contributed by atoms with Crippen LogP contribution in [0.15, 0.2) is 29.0 Å². The summed E-state index contributed by atoms with van der Waals surface area (Å²) >= 11 is 6.13. The number of amides is 2. The summed E-state index contributed by atoms with van der Waals surface area (Å²) in [5, 5.41) is 13.8. The smallest absolute Gasteiger partial charge is 0.277 e. The van der Waals surface area contributed by atoms with E-state index in [1.54, 1.807) is 33.2 Å². The molecule has 3 aromatic rings. The van der Waals surface area contributed by atoms with E-state index in [9.17, 15) is 9.59 Å². The molecule has 3 rings (SSSR count). The molecule has 0 fully saturated rings. The molecule has 0 radical (unpaired) electrons. The Labute approximate surface area is 153 Å². The van der Waals surface area contributed by atoms with Gasteiger partial charge in [-0.3, -0.25) is 19.0 Å². The molecule has 9 nitrogen and oxygen atoms in total. The van der Waals surface area contributed by atoms with Crippen LogP contribution in [0.25, 0.3) is 0 Å². The molecule has 0 aliphatic rings. The minimum atomic E-state index is -0.521. The maximum Gasteiger partial charge on any atom is 0.277 e. The minimum absolute atomic E-state index is 0.0798. The van der Waals surface area contributed by atoms with E-state index >= 15 is 0 Å². The van der Waals surface area contributed by atoms with Crippen molar-refractivity contribution in [3.8, 4) is 0 Å². The number of aromatic nitrogens is 4.